The van der Waals surface area contributed by atoms with Crippen LogP contribution >= 0.6 is 0 Å². The predicted octanol–water partition coefficient (Wildman–Crippen LogP) is 0.277. The zero-order chi connectivity index (χ0) is 13.1. The van der Waals surface area contributed by atoms with E-state index in [9.17, 15) is 4.79 Å². The van der Waals surface area contributed by atoms with E-state index in [0.717, 1.165) is 37.7 Å². The third kappa shape index (κ3) is 3.07. The molecule has 1 aromatic rings. The smallest absolute Gasteiger partial charge is 0.222 e. The molecule has 0 aromatic carbocycles. The average molecular weight is 251 g/mol. The van der Waals surface area contributed by atoms with E-state index in [1.165, 1.54) is 0 Å². The lowest BCUT2D eigenvalue weighted by molar-refractivity contribution is -0.126. The largest absolute Gasteiger partial charge is 0.345 e. The molecule has 0 saturated carbocycles. The van der Waals surface area contributed by atoms with Gasteiger partial charge in [-0.15, -0.1) is 0 Å². The summed E-state index contributed by atoms with van der Waals surface area (Å²) in [5, 5.41) is 7.07. The highest BCUT2D eigenvalue weighted by Crippen LogP contribution is 2.17. The highest BCUT2D eigenvalue weighted by atomic mass is 16.2. The molecule has 0 bridgehead atoms. The summed E-state index contributed by atoms with van der Waals surface area (Å²) in [5.41, 5.74) is 0. The summed E-state index contributed by atoms with van der Waals surface area (Å²) < 4.78 is 0. The van der Waals surface area contributed by atoms with E-state index in [0.29, 0.717) is 12.3 Å². The van der Waals surface area contributed by atoms with Crippen molar-refractivity contribution >= 4 is 5.91 Å². The summed E-state index contributed by atoms with van der Waals surface area (Å²) >= 11 is 0. The molecule has 1 aliphatic heterocycles. The maximum absolute atomic E-state index is 11.4. The lowest BCUT2D eigenvalue weighted by atomic mass is 10.1. The molecule has 0 aliphatic carbocycles. The number of hydrogen-bond acceptors (Lipinski definition) is 4. The minimum Gasteiger partial charge on any atom is -0.345 e. The fourth-order valence-electron chi connectivity index (χ4n) is 2.40. The Kier molecular flexibility index (Phi) is 3.96. The van der Waals surface area contributed by atoms with E-state index in [4.69, 9.17) is 0 Å². The minimum atomic E-state index is 0.251. The third-order valence-corrected chi connectivity index (χ3v) is 3.30. The minimum absolute atomic E-state index is 0.251. The van der Waals surface area contributed by atoms with Gasteiger partial charge < -0.3 is 4.90 Å². The van der Waals surface area contributed by atoms with E-state index in [-0.39, 0.29) is 5.91 Å². The Bertz CT molecular complexity index is 416. The SMILES string of the molecule is CCc1n[nH]c(CN(C)CC2CC(=O)N(C)C2)n1. The molecule has 6 heteroatoms. The zero-order valence-electron chi connectivity index (χ0n) is 11.3. The fraction of sp³-hybridized carbons (Fsp3) is 0.750. The molecule has 1 aromatic heterocycles. The molecule has 6 nitrogen and oxygen atoms in total. The molecular formula is C12H21N5O. The lowest BCUT2D eigenvalue weighted by Crippen LogP contribution is -2.27. The summed E-state index contributed by atoms with van der Waals surface area (Å²) in [6.07, 6.45) is 1.51. The number of hydrogen-bond donors (Lipinski definition) is 1. The Balaban J connectivity index is 1.81. The number of rotatable bonds is 5. The number of likely N-dealkylation sites (tertiary alicyclic amines) is 1. The number of amides is 1. The molecule has 1 N–H and O–H groups in total. The Morgan fingerprint density at radius 1 is 1.56 bits per heavy atom. The first-order valence-electron chi connectivity index (χ1n) is 6.41. The number of nitrogens with one attached hydrogen (secondary N) is 1. The standard InChI is InChI=1S/C12H21N5O/c1-4-10-13-11(15-14-10)8-16(2)6-9-5-12(18)17(3)7-9/h9H,4-8H2,1-3H3,(H,13,14,15). The van der Waals surface area contributed by atoms with Gasteiger partial charge in [-0.25, -0.2) is 4.98 Å². The van der Waals surface area contributed by atoms with Crippen molar-refractivity contribution < 1.29 is 4.79 Å². The normalized spacial score (nSPS) is 20.1. The van der Waals surface area contributed by atoms with Gasteiger partial charge >= 0.3 is 0 Å². The van der Waals surface area contributed by atoms with Crippen LogP contribution in [-0.2, 0) is 17.8 Å². The van der Waals surface area contributed by atoms with Gasteiger partial charge in [0.05, 0.1) is 6.54 Å². The monoisotopic (exact) mass is 251 g/mol. The summed E-state index contributed by atoms with van der Waals surface area (Å²) in [6, 6.07) is 0. The van der Waals surface area contributed by atoms with Crippen molar-refractivity contribution in [2.75, 3.05) is 27.2 Å². The highest BCUT2D eigenvalue weighted by molar-refractivity contribution is 5.78. The molecule has 1 unspecified atom stereocenters. The van der Waals surface area contributed by atoms with Crippen LogP contribution in [0.2, 0.25) is 0 Å². The second-order valence-electron chi connectivity index (χ2n) is 5.09. The van der Waals surface area contributed by atoms with Crippen molar-refractivity contribution in [2.45, 2.75) is 26.3 Å². The first-order chi connectivity index (χ1) is 8.58. The number of carbonyl (C=O) groups is 1. The molecule has 1 aliphatic rings. The quantitative estimate of drug-likeness (QED) is 0.816. The first-order valence-corrected chi connectivity index (χ1v) is 6.41. The fourth-order valence-corrected chi connectivity index (χ4v) is 2.40. The third-order valence-electron chi connectivity index (χ3n) is 3.30. The summed E-state index contributed by atoms with van der Waals surface area (Å²) in [5.74, 6) is 2.43. The van der Waals surface area contributed by atoms with Crippen molar-refractivity contribution in [2.24, 2.45) is 5.92 Å². The van der Waals surface area contributed by atoms with Gasteiger partial charge in [-0.3, -0.25) is 14.8 Å². The van der Waals surface area contributed by atoms with Crippen LogP contribution in [0.4, 0.5) is 0 Å². The molecule has 1 fully saturated rings. The summed E-state index contributed by atoms with van der Waals surface area (Å²) in [4.78, 5) is 19.8. The number of H-pyrrole nitrogens is 1. The Morgan fingerprint density at radius 2 is 2.33 bits per heavy atom. The average Bonchev–Trinajstić information content (AvgIpc) is 2.87. The van der Waals surface area contributed by atoms with E-state index >= 15 is 0 Å². The lowest BCUT2D eigenvalue weighted by Gasteiger charge is -2.19. The predicted molar refractivity (Wildman–Crippen MR) is 67.8 cm³/mol. The molecular weight excluding hydrogens is 230 g/mol. The second-order valence-corrected chi connectivity index (χ2v) is 5.09. The summed E-state index contributed by atoms with van der Waals surface area (Å²) in [6.45, 7) is 4.57. The topological polar surface area (TPSA) is 65.1 Å². The van der Waals surface area contributed by atoms with Crippen LogP contribution in [-0.4, -0.2) is 58.1 Å². The molecule has 0 radical (unpaired) electrons. The molecule has 2 heterocycles. The molecule has 1 amide bonds. The highest BCUT2D eigenvalue weighted by Gasteiger charge is 2.27. The second kappa shape index (κ2) is 5.48. The van der Waals surface area contributed by atoms with E-state index in [2.05, 4.69) is 27.1 Å². The summed E-state index contributed by atoms with van der Waals surface area (Å²) in [7, 11) is 3.92. The molecule has 1 saturated heterocycles. The van der Waals surface area contributed by atoms with Crippen molar-refractivity contribution in [3.05, 3.63) is 11.6 Å². The maximum Gasteiger partial charge on any atom is 0.222 e. The van der Waals surface area contributed by atoms with Crippen LogP contribution in [0.25, 0.3) is 0 Å². The Labute approximate surface area is 107 Å². The van der Waals surface area contributed by atoms with Gasteiger partial charge in [0.2, 0.25) is 5.91 Å². The van der Waals surface area contributed by atoms with Crippen molar-refractivity contribution in [1.29, 1.82) is 0 Å². The van der Waals surface area contributed by atoms with Crippen LogP contribution in [0, 0.1) is 5.92 Å². The molecule has 0 spiro atoms. The number of aryl methyl sites for hydroxylation is 1. The van der Waals surface area contributed by atoms with Gasteiger partial charge in [-0.05, 0) is 13.0 Å². The van der Waals surface area contributed by atoms with E-state index < -0.39 is 0 Å². The number of aromatic nitrogens is 3. The molecule has 2 rings (SSSR count). The maximum atomic E-state index is 11.4. The number of aromatic amines is 1. The van der Waals surface area contributed by atoms with Crippen LogP contribution in [0.1, 0.15) is 25.0 Å². The Hall–Kier alpha value is -1.43. The van der Waals surface area contributed by atoms with Crippen molar-refractivity contribution in [1.82, 2.24) is 25.0 Å². The van der Waals surface area contributed by atoms with Gasteiger partial charge in [-0.2, -0.15) is 5.10 Å². The van der Waals surface area contributed by atoms with Crippen LogP contribution in [0.3, 0.4) is 0 Å². The zero-order valence-corrected chi connectivity index (χ0v) is 11.3. The van der Waals surface area contributed by atoms with Gasteiger partial charge in [0.15, 0.2) is 0 Å². The number of nitrogens with zero attached hydrogens (tertiary/aromatic N) is 4. The molecule has 100 valence electrons. The van der Waals surface area contributed by atoms with Gasteiger partial charge in [0, 0.05) is 33.0 Å². The van der Waals surface area contributed by atoms with E-state index in [1.807, 2.05) is 18.9 Å². The molecule has 1 atom stereocenters. The van der Waals surface area contributed by atoms with Crippen LogP contribution in [0.5, 0.6) is 0 Å². The van der Waals surface area contributed by atoms with Gasteiger partial charge in [0.25, 0.3) is 0 Å². The number of carbonyl (C=O) groups excluding carboxylic acids is 1. The van der Waals surface area contributed by atoms with Gasteiger partial charge in [0.1, 0.15) is 11.6 Å². The Morgan fingerprint density at radius 3 is 2.89 bits per heavy atom. The first kappa shape index (κ1) is 13.0. The van der Waals surface area contributed by atoms with E-state index in [1.54, 1.807) is 0 Å². The molecule has 18 heavy (non-hydrogen) atoms. The van der Waals surface area contributed by atoms with Crippen LogP contribution < -0.4 is 0 Å². The van der Waals surface area contributed by atoms with Crippen molar-refractivity contribution in [3.8, 4) is 0 Å². The van der Waals surface area contributed by atoms with Gasteiger partial charge in [-0.1, -0.05) is 6.92 Å². The van der Waals surface area contributed by atoms with Crippen molar-refractivity contribution in [3.63, 3.8) is 0 Å². The van der Waals surface area contributed by atoms with Crippen LogP contribution in [0.15, 0.2) is 0 Å².